The predicted octanol–water partition coefficient (Wildman–Crippen LogP) is 2.70. The van der Waals surface area contributed by atoms with Gasteiger partial charge in [-0.3, -0.25) is 4.79 Å². The van der Waals surface area contributed by atoms with Gasteiger partial charge in [0, 0.05) is 36.8 Å². The lowest BCUT2D eigenvalue weighted by Gasteiger charge is -2.35. The monoisotopic (exact) mass is 402 g/mol. The van der Waals surface area contributed by atoms with Gasteiger partial charge in [0.05, 0.1) is 6.42 Å². The first-order chi connectivity index (χ1) is 13.5. The number of benzene rings is 1. The van der Waals surface area contributed by atoms with Crippen LogP contribution in [-0.2, 0) is 11.2 Å². The number of amides is 1. The average Bonchev–Trinajstić information content (AvgIpc) is 3.17. The van der Waals surface area contributed by atoms with Crippen molar-refractivity contribution < 1.29 is 9.18 Å². The summed E-state index contributed by atoms with van der Waals surface area (Å²) in [5, 5.41) is 12.7. The maximum Gasteiger partial charge on any atom is 0.227 e. The highest BCUT2D eigenvalue weighted by Gasteiger charge is 2.23. The molecule has 0 N–H and O–H groups in total. The van der Waals surface area contributed by atoms with Crippen LogP contribution in [0, 0.1) is 0 Å². The number of rotatable bonds is 4. The summed E-state index contributed by atoms with van der Waals surface area (Å²) in [6.45, 7) is 4.05. The number of anilines is 1. The highest BCUT2D eigenvalue weighted by molar-refractivity contribution is 6.31. The van der Waals surface area contributed by atoms with Gasteiger partial charge in [0.2, 0.25) is 5.91 Å². The molecule has 1 unspecified atom stereocenters. The Labute approximate surface area is 166 Å². The molecule has 0 spiro atoms. The topological polar surface area (TPSA) is 66.6 Å². The Morgan fingerprint density at radius 3 is 2.75 bits per heavy atom. The molecule has 2 aromatic heterocycles. The van der Waals surface area contributed by atoms with Gasteiger partial charge >= 0.3 is 0 Å². The van der Waals surface area contributed by atoms with E-state index in [0.717, 1.165) is 11.4 Å². The standard InChI is InChI=1S/C19H20ClFN6O/c1-13(21)15-10-14(2-3-16(15)20)11-19(28)26-8-6-25(7-9-26)18-5-4-17-23-22-12-27(17)24-18/h2-5,10,12-13H,6-9,11H2,1H3. The number of carbonyl (C=O) groups is 1. The summed E-state index contributed by atoms with van der Waals surface area (Å²) in [4.78, 5) is 16.6. The minimum Gasteiger partial charge on any atom is -0.352 e. The van der Waals surface area contributed by atoms with Crippen molar-refractivity contribution in [2.24, 2.45) is 0 Å². The van der Waals surface area contributed by atoms with Crippen LogP contribution in [0.1, 0.15) is 24.2 Å². The van der Waals surface area contributed by atoms with Crippen molar-refractivity contribution in [3.8, 4) is 0 Å². The van der Waals surface area contributed by atoms with Crippen LogP contribution in [0.15, 0.2) is 36.7 Å². The van der Waals surface area contributed by atoms with Crippen molar-refractivity contribution >= 4 is 29.0 Å². The van der Waals surface area contributed by atoms with Gasteiger partial charge in [-0.25, -0.2) is 4.39 Å². The third-order valence-corrected chi connectivity index (χ3v) is 5.29. The van der Waals surface area contributed by atoms with E-state index in [-0.39, 0.29) is 12.3 Å². The molecule has 1 saturated heterocycles. The van der Waals surface area contributed by atoms with Crippen LogP contribution in [0.2, 0.25) is 5.02 Å². The van der Waals surface area contributed by atoms with Crippen molar-refractivity contribution in [3.05, 3.63) is 52.8 Å². The molecular formula is C19H20ClFN6O. The minimum absolute atomic E-state index is 0.0293. The molecule has 146 valence electrons. The van der Waals surface area contributed by atoms with E-state index in [2.05, 4.69) is 20.2 Å². The largest absolute Gasteiger partial charge is 0.352 e. The molecule has 1 amide bonds. The molecule has 1 aliphatic heterocycles. The Bertz CT molecular complexity index is 999. The summed E-state index contributed by atoms with van der Waals surface area (Å²) in [5.41, 5.74) is 1.89. The smallest absolute Gasteiger partial charge is 0.227 e. The van der Waals surface area contributed by atoms with Crippen LogP contribution >= 0.6 is 11.6 Å². The lowest BCUT2D eigenvalue weighted by atomic mass is 10.0. The molecule has 0 radical (unpaired) electrons. The maximum atomic E-state index is 13.6. The number of fused-ring (bicyclic) bond motifs is 1. The minimum atomic E-state index is -1.17. The van der Waals surface area contributed by atoms with Crippen molar-refractivity contribution in [2.75, 3.05) is 31.1 Å². The van der Waals surface area contributed by atoms with E-state index in [1.54, 1.807) is 29.0 Å². The zero-order valence-corrected chi connectivity index (χ0v) is 16.2. The molecule has 0 bridgehead atoms. The maximum absolute atomic E-state index is 13.6. The molecule has 0 saturated carbocycles. The average molecular weight is 403 g/mol. The fourth-order valence-corrected chi connectivity index (χ4v) is 3.63. The van der Waals surface area contributed by atoms with Gasteiger partial charge in [0.15, 0.2) is 5.65 Å². The second-order valence-corrected chi connectivity index (χ2v) is 7.25. The number of hydrogen-bond acceptors (Lipinski definition) is 5. The highest BCUT2D eigenvalue weighted by atomic mass is 35.5. The molecule has 3 heterocycles. The zero-order valence-electron chi connectivity index (χ0n) is 15.4. The van der Waals surface area contributed by atoms with E-state index in [4.69, 9.17) is 11.6 Å². The fourth-order valence-electron chi connectivity index (χ4n) is 3.37. The lowest BCUT2D eigenvalue weighted by Crippen LogP contribution is -2.49. The van der Waals surface area contributed by atoms with Gasteiger partial charge in [0.25, 0.3) is 0 Å². The van der Waals surface area contributed by atoms with Crippen molar-refractivity contribution in [1.82, 2.24) is 24.7 Å². The van der Waals surface area contributed by atoms with E-state index < -0.39 is 6.17 Å². The number of piperazine rings is 1. The molecule has 1 atom stereocenters. The summed E-state index contributed by atoms with van der Waals surface area (Å²) in [7, 11) is 0. The van der Waals surface area contributed by atoms with Crippen molar-refractivity contribution in [1.29, 1.82) is 0 Å². The Morgan fingerprint density at radius 1 is 1.21 bits per heavy atom. The molecule has 4 rings (SSSR count). The number of carbonyl (C=O) groups excluding carboxylic acids is 1. The third-order valence-electron chi connectivity index (χ3n) is 4.95. The van der Waals surface area contributed by atoms with E-state index >= 15 is 0 Å². The summed E-state index contributed by atoms with van der Waals surface area (Å²) in [6.07, 6.45) is 0.639. The predicted molar refractivity (Wildman–Crippen MR) is 104 cm³/mol. The van der Waals surface area contributed by atoms with Crippen LogP contribution in [0.3, 0.4) is 0 Å². The van der Waals surface area contributed by atoms with E-state index in [1.165, 1.54) is 6.92 Å². The first-order valence-electron chi connectivity index (χ1n) is 9.13. The molecule has 9 heteroatoms. The lowest BCUT2D eigenvalue weighted by molar-refractivity contribution is -0.130. The zero-order chi connectivity index (χ0) is 19.7. The van der Waals surface area contributed by atoms with Gasteiger partial charge in [-0.1, -0.05) is 23.7 Å². The van der Waals surface area contributed by atoms with Gasteiger partial charge in [-0.15, -0.1) is 15.3 Å². The SMILES string of the molecule is CC(F)c1cc(CC(=O)N2CCN(c3ccc4nncn4n3)CC2)ccc1Cl. The van der Waals surface area contributed by atoms with Gasteiger partial charge < -0.3 is 9.80 Å². The van der Waals surface area contributed by atoms with Crippen LogP contribution in [0.5, 0.6) is 0 Å². The highest BCUT2D eigenvalue weighted by Crippen LogP contribution is 2.27. The first-order valence-corrected chi connectivity index (χ1v) is 9.51. The number of alkyl halides is 1. The molecular weight excluding hydrogens is 383 g/mol. The van der Waals surface area contributed by atoms with Crippen molar-refractivity contribution in [2.45, 2.75) is 19.5 Å². The third kappa shape index (κ3) is 3.77. The number of halogens is 2. The first kappa shape index (κ1) is 18.6. The van der Waals surface area contributed by atoms with Crippen LogP contribution in [0.25, 0.3) is 5.65 Å². The van der Waals surface area contributed by atoms with Crippen LogP contribution < -0.4 is 4.90 Å². The molecule has 1 fully saturated rings. The fraction of sp³-hybridized carbons (Fsp3) is 0.368. The van der Waals surface area contributed by atoms with E-state index in [0.29, 0.717) is 42.4 Å². The van der Waals surface area contributed by atoms with Gasteiger partial charge in [0.1, 0.15) is 18.3 Å². The Balaban J connectivity index is 1.38. The van der Waals surface area contributed by atoms with Gasteiger partial charge in [-0.2, -0.15) is 4.52 Å². The normalized spacial score (nSPS) is 15.8. The van der Waals surface area contributed by atoms with Crippen LogP contribution in [-0.4, -0.2) is 56.8 Å². The summed E-state index contributed by atoms with van der Waals surface area (Å²) < 4.78 is 15.3. The Kier molecular flexibility index (Phi) is 5.13. The summed E-state index contributed by atoms with van der Waals surface area (Å²) in [5.74, 6) is 0.861. The number of nitrogens with zero attached hydrogens (tertiary/aromatic N) is 6. The molecule has 0 aliphatic carbocycles. The molecule has 3 aromatic rings. The van der Waals surface area contributed by atoms with Gasteiger partial charge in [-0.05, 0) is 30.7 Å². The Hall–Kier alpha value is -2.74. The quantitative estimate of drug-likeness (QED) is 0.671. The number of hydrogen-bond donors (Lipinski definition) is 0. The van der Waals surface area contributed by atoms with Crippen LogP contribution in [0.4, 0.5) is 10.2 Å². The summed E-state index contributed by atoms with van der Waals surface area (Å²) >= 11 is 6.02. The second-order valence-electron chi connectivity index (χ2n) is 6.84. The van der Waals surface area contributed by atoms with Crippen molar-refractivity contribution in [3.63, 3.8) is 0 Å². The van der Waals surface area contributed by atoms with E-state index in [1.807, 2.05) is 17.0 Å². The summed E-state index contributed by atoms with van der Waals surface area (Å²) in [6, 6.07) is 8.89. The molecule has 1 aliphatic rings. The molecule has 7 nitrogen and oxygen atoms in total. The van der Waals surface area contributed by atoms with E-state index in [9.17, 15) is 9.18 Å². The second kappa shape index (κ2) is 7.71. The molecule has 28 heavy (non-hydrogen) atoms. The Morgan fingerprint density at radius 2 is 2.00 bits per heavy atom. The number of aromatic nitrogens is 4. The molecule has 1 aromatic carbocycles.